The molecule has 2 fully saturated rings. The van der Waals surface area contributed by atoms with Crippen molar-refractivity contribution in [1.82, 2.24) is 0 Å². The molecule has 88 valence electrons. The Hall–Kier alpha value is -0.0800. The van der Waals surface area contributed by atoms with Crippen LogP contribution in [0.15, 0.2) is 0 Å². The van der Waals surface area contributed by atoms with E-state index in [9.17, 15) is 5.11 Å². The van der Waals surface area contributed by atoms with Gasteiger partial charge in [0.25, 0.3) is 0 Å². The number of aliphatic hydroxyl groups is 1. The Kier molecular flexibility index (Phi) is 3.36. The van der Waals surface area contributed by atoms with E-state index in [2.05, 4.69) is 6.92 Å². The Labute approximate surface area is 93.0 Å². The molecule has 0 heterocycles. The minimum atomic E-state index is -0.380. The molecule has 15 heavy (non-hydrogen) atoms. The smallest absolute Gasteiger partial charge is 0.0725 e. The van der Waals surface area contributed by atoms with Gasteiger partial charge < -0.3 is 9.84 Å². The van der Waals surface area contributed by atoms with Crippen molar-refractivity contribution in [3.05, 3.63) is 0 Å². The van der Waals surface area contributed by atoms with E-state index in [-0.39, 0.29) is 5.60 Å². The number of hydrogen-bond donors (Lipinski definition) is 1. The zero-order valence-electron chi connectivity index (χ0n) is 10.0. The zero-order chi connectivity index (χ0) is 10.9. The molecule has 0 aromatic rings. The lowest BCUT2D eigenvalue weighted by Crippen LogP contribution is -2.54. The number of hydrogen-bond acceptors (Lipinski definition) is 2. The average molecular weight is 212 g/mol. The topological polar surface area (TPSA) is 29.5 Å². The monoisotopic (exact) mass is 212 g/mol. The molecule has 2 nitrogen and oxygen atoms in total. The Bertz CT molecular complexity index is 209. The van der Waals surface area contributed by atoms with Crippen molar-refractivity contribution in [2.24, 2.45) is 11.8 Å². The first-order chi connectivity index (χ1) is 7.18. The van der Waals surface area contributed by atoms with Crippen LogP contribution >= 0.6 is 0 Å². The zero-order valence-corrected chi connectivity index (χ0v) is 10.0. The third kappa shape index (κ3) is 2.21. The van der Waals surface area contributed by atoms with E-state index < -0.39 is 0 Å². The summed E-state index contributed by atoms with van der Waals surface area (Å²) in [6.07, 6.45) is 8.47. The molecule has 2 heteroatoms. The van der Waals surface area contributed by atoms with Crippen molar-refractivity contribution in [3.63, 3.8) is 0 Å². The van der Waals surface area contributed by atoms with Crippen LogP contribution in [0, 0.1) is 11.8 Å². The van der Waals surface area contributed by atoms with Crippen LogP contribution in [0.5, 0.6) is 0 Å². The molecule has 2 unspecified atom stereocenters. The second-order valence-electron chi connectivity index (χ2n) is 5.51. The van der Waals surface area contributed by atoms with Gasteiger partial charge in [-0.1, -0.05) is 26.2 Å². The van der Waals surface area contributed by atoms with E-state index in [1.807, 2.05) is 0 Å². The van der Waals surface area contributed by atoms with Gasteiger partial charge in [-0.15, -0.1) is 0 Å². The Balaban J connectivity index is 1.88. The first-order valence-corrected chi connectivity index (χ1v) is 6.43. The quantitative estimate of drug-likeness (QED) is 0.779. The first kappa shape index (κ1) is 11.4. The van der Waals surface area contributed by atoms with Crippen LogP contribution in [0.3, 0.4) is 0 Å². The van der Waals surface area contributed by atoms with E-state index in [0.29, 0.717) is 12.0 Å². The summed E-state index contributed by atoms with van der Waals surface area (Å²) < 4.78 is 5.27. The van der Waals surface area contributed by atoms with Gasteiger partial charge in [-0.05, 0) is 24.7 Å². The Morgan fingerprint density at radius 2 is 2.07 bits per heavy atom. The molecule has 0 aromatic heterocycles. The van der Waals surface area contributed by atoms with Crippen LogP contribution in [-0.4, -0.2) is 23.9 Å². The van der Waals surface area contributed by atoms with Crippen LogP contribution in [0.25, 0.3) is 0 Å². The van der Waals surface area contributed by atoms with E-state index >= 15 is 0 Å². The Morgan fingerprint density at radius 3 is 2.67 bits per heavy atom. The molecule has 0 aromatic carbocycles. The number of rotatable bonds is 3. The highest BCUT2D eigenvalue weighted by Crippen LogP contribution is 2.47. The SMILES string of the molecule is CCC1CCCC(C2(O)CC(OC)C2)C1. The summed E-state index contributed by atoms with van der Waals surface area (Å²) in [6, 6.07) is 0. The van der Waals surface area contributed by atoms with Crippen molar-refractivity contribution in [3.8, 4) is 0 Å². The van der Waals surface area contributed by atoms with Crippen molar-refractivity contribution in [2.45, 2.75) is 63.6 Å². The second-order valence-corrected chi connectivity index (χ2v) is 5.51. The number of ether oxygens (including phenoxy) is 1. The molecular formula is C13H24O2. The average Bonchev–Trinajstić information content (AvgIpc) is 2.24. The van der Waals surface area contributed by atoms with Gasteiger partial charge in [0.2, 0.25) is 0 Å². The van der Waals surface area contributed by atoms with Crippen LogP contribution in [0.2, 0.25) is 0 Å². The van der Waals surface area contributed by atoms with E-state index in [4.69, 9.17) is 4.74 Å². The van der Waals surface area contributed by atoms with Gasteiger partial charge in [-0.25, -0.2) is 0 Å². The molecule has 2 rings (SSSR count). The van der Waals surface area contributed by atoms with Gasteiger partial charge in [-0.2, -0.15) is 0 Å². The summed E-state index contributed by atoms with van der Waals surface area (Å²) in [5.41, 5.74) is -0.380. The molecule has 0 amide bonds. The summed E-state index contributed by atoms with van der Waals surface area (Å²) in [6.45, 7) is 2.27. The predicted molar refractivity (Wildman–Crippen MR) is 60.7 cm³/mol. The predicted octanol–water partition coefficient (Wildman–Crippen LogP) is 2.74. The lowest BCUT2D eigenvalue weighted by Gasteiger charge is -2.50. The summed E-state index contributed by atoms with van der Waals surface area (Å²) in [5.74, 6) is 1.40. The molecule has 0 radical (unpaired) electrons. The van der Waals surface area contributed by atoms with Gasteiger partial charge in [0.1, 0.15) is 0 Å². The fourth-order valence-electron chi connectivity index (χ4n) is 3.38. The Morgan fingerprint density at radius 1 is 1.33 bits per heavy atom. The molecule has 0 aliphatic heterocycles. The molecule has 2 atom stereocenters. The summed E-state index contributed by atoms with van der Waals surface area (Å²) in [5, 5.41) is 10.5. The molecule has 0 bridgehead atoms. The second kappa shape index (κ2) is 4.42. The highest BCUT2D eigenvalue weighted by Gasteiger charge is 2.49. The van der Waals surface area contributed by atoms with Crippen LogP contribution < -0.4 is 0 Å². The van der Waals surface area contributed by atoms with E-state index in [1.54, 1.807) is 7.11 Å². The first-order valence-electron chi connectivity index (χ1n) is 6.43. The fraction of sp³-hybridized carbons (Fsp3) is 1.00. The largest absolute Gasteiger partial charge is 0.389 e. The van der Waals surface area contributed by atoms with Crippen molar-refractivity contribution >= 4 is 0 Å². The summed E-state index contributed by atoms with van der Waals surface area (Å²) in [4.78, 5) is 0. The van der Waals surface area contributed by atoms with Gasteiger partial charge in [0.15, 0.2) is 0 Å². The van der Waals surface area contributed by atoms with Crippen LogP contribution in [-0.2, 0) is 4.74 Å². The van der Waals surface area contributed by atoms with Gasteiger partial charge in [0, 0.05) is 20.0 Å². The van der Waals surface area contributed by atoms with Gasteiger partial charge >= 0.3 is 0 Å². The fourth-order valence-corrected chi connectivity index (χ4v) is 3.38. The number of methoxy groups -OCH3 is 1. The van der Waals surface area contributed by atoms with Gasteiger partial charge in [0.05, 0.1) is 11.7 Å². The van der Waals surface area contributed by atoms with E-state index in [1.165, 1.54) is 32.1 Å². The van der Waals surface area contributed by atoms with Crippen LogP contribution in [0.4, 0.5) is 0 Å². The van der Waals surface area contributed by atoms with Crippen molar-refractivity contribution < 1.29 is 9.84 Å². The third-order valence-corrected chi connectivity index (χ3v) is 4.62. The van der Waals surface area contributed by atoms with Crippen molar-refractivity contribution in [2.75, 3.05) is 7.11 Å². The standard InChI is InChI=1S/C13H24O2/c1-3-10-5-4-6-11(7-10)13(14)8-12(9-13)15-2/h10-12,14H,3-9H2,1-2H3. The molecular weight excluding hydrogens is 188 g/mol. The third-order valence-electron chi connectivity index (χ3n) is 4.62. The molecule has 0 spiro atoms. The highest BCUT2D eigenvalue weighted by molar-refractivity contribution is 5.01. The molecule has 1 N–H and O–H groups in total. The summed E-state index contributed by atoms with van der Waals surface area (Å²) in [7, 11) is 1.75. The maximum atomic E-state index is 10.5. The molecule has 0 saturated heterocycles. The maximum absolute atomic E-state index is 10.5. The lowest BCUT2D eigenvalue weighted by molar-refractivity contribution is -0.167. The molecule has 2 aliphatic carbocycles. The molecule has 2 saturated carbocycles. The van der Waals surface area contributed by atoms with Crippen LogP contribution in [0.1, 0.15) is 51.9 Å². The van der Waals surface area contributed by atoms with Crippen molar-refractivity contribution in [1.29, 1.82) is 0 Å². The maximum Gasteiger partial charge on any atom is 0.0725 e. The minimum Gasteiger partial charge on any atom is -0.389 e. The minimum absolute atomic E-state index is 0.317. The lowest BCUT2D eigenvalue weighted by atomic mass is 9.63. The normalized spacial score (nSPS) is 46.2. The van der Waals surface area contributed by atoms with Gasteiger partial charge in [-0.3, -0.25) is 0 Å². The summed E-state index contributed by atoms with van der Waals surface area (Å²) >= 11 is 0. The highest BCUT2D eigenvalue weighted by atomic mass is 16.5. The molecule has 2 aliphatic rings. The van der Waals surface area contributed by atoms with E-state index in [0.717, 1.165) is 18.8 Å².